The van der Waals surface area contributed by atoms with E-state index in [1.54, 1.807) is 13.3 Å². The fourth-order valence-electron chi connectivity index (χ4n) is 4.06. The molecule has 0 N–H and O–H groups in total. The van der Waals surface area contributed by atoms with Gasteiger partial charge in [0.15, 0.2) is 0 Å². The Bertz CT molecular complexity index is 584. The van der Waals surface area contributed by atoms with Crippen molar-refractivity contribution in [3.8, 4) is 0 Å². The first kappa shape index (κ1) is 21.5. The first-order valence-corrected chi connectivity index (χ1v) is 18.8. The molecule has 0 amide bonds. The summed E-state index contributed by atoms with van der Waals surface area (Å²) in [4.78, 5) is 4.84. The van der Waals surface area contributed by atoms with Gasteiger partial charge in [0.05, 0.1) is 0 Å². The summed E-state index contributed by atoms with van der Waals surface area (Å²) < 4.78 is 8.33. The van der Waals surface area contributed by atoms with E-state index in [0.717, 1.165) is 6.54 Å². The van der Waals surface area contributed by atoms with Gasteiger partial charge in [-0.1, -0.05) is 0 Å². The molecule has 0 radical (unpaired) electrons. The van der Waals surface area contributed by atoms with E-state index in [1.807, 2.05) is 0 Å². The summed E-state index contributed by atoms with van der Waals surface area (Å²) in [5.74, 6) is 0. The molecule has 2 rings (SSSR count). The molecule has 0 aliphatic heterocycles. The predicted octanol–water partition coefficient (Wildman–Crippen LogP) is 6.86. The van der Waals surface area contributed by atoms with Gasteiger partial charge >= 0.3 is 166 Å². The van der Waals surface area contributed by atoms with Crippen LogP contribution >= 0.6 is 0 Å². The van der Waals surface area contributed by atoms with Crippen molar-refractivity contribution in [1.29, 1.82) is 0 Å². The van der Waals surface area contributed by atoms with Gasteiger partial charge in [0.25, 0.3) is 0 Å². The fourth-order valence-corrected chi connectivity index (χ4v) is 19.9. The van der Waals surface area contributed by atoms with Gasteiger partial charge in [0, 0.05) is 0 Å². The van der Waals surface area contributed by atoms with Crippen molar-refractivity contribution in [2.24, 2.45) is 0 Å². The van der Waals surface area contributed by atoms with Crippen LogP contribution in [0, 0.1) is 0 Å². The Labute approximate surface area is 165 Å². The van der Waals surface area contributed by atoms with Crippen LogP contribution in [0.3, 0.4) is 0 Å². The SMILES string of the molecule is CCC[CH2][Sn]([CH2]CCC)([CH2]CCC)[CH2]c1cn(Cc2ccccc2)cn1. The summed E-state index contributed by atoms with van der Waals surface area (Å²) in [5.41, 5.74) is 2.73. The van der Waals surface area contributed by atoms with Crippen LogP contribution in [0.25, 0.3) is 0 Å². The van der Waals surface area contributed by atoms with Gasteiger partial charge in [-0.2, -0.15) is 0 Å². The molecular weight excluding hydrogens is 423 g/mol. The maximum atomic E-state index is 4.84. The molecule has 0 atom stereocenters. The molecule has 0 unspecified atom stereocenters. The van der Waals surface area contributed by atoms with Crippen molar-refractivity contribution in [3.63, 3.8) is 0 Å². The standard InChI is InChI=1S/C11H11N2.3C4H9.Sn/c1-10-7-13(9-12-10)8-11-5-3-2-4-6-11;3*1-3-4-2;/h2-7,9H,1,8H2;3*1,3-4H2,2H3;. The third-order valence-corrected chi connectivity index (χ3v) is 20.9. The Morgan fingerprint density at radius 2 is 1.42 bits per heavy atom. The van der Waals surface area contributed by atoms with Crippen LogP contribution in [0.4, 0.5) is 0 Å². The average Bonchev–Trinajstić information content (AvgIpc) is 3.10. The molecule has 144 valence electrons. The topological polar surface area (TPSA) is 17.8 Å². The van der Waals surface area contributed by atoms with Crippen molar-refractivity contribution in [2.45, 2.75) is 83.6 Å². The number of nitrogens with zero attached hydrogens (tertiary/aromatic N) is 2. The first-order chi connectivity index (χ1) is 12.7. The summed E-state index contributed by atoms with van der Waals surface area (Å²) in [6, 6.07) is 10.7. The van der Waals surface area contributed by atoms with Gasteiger partial charge in [0.1, 0.15) is 0 Å². The van der Waals surface area contributed by atoms with E-state index in [2.05, 4.69) is 68.2 Å². The summed E-state index contributed by atoms with van der Waals surface area (Å²) in [6.45, 7) is 8.00. The molecule has 0 saturated carbocycles. The average molecular weight is 461 g/mol. The van der Waals surface area contributed by atoms with E-state index in [9.17, 15) is 0 Å². The maximum absolute atomic E-state index is 4.84. The molecule has 1 aromatic heterocycles. The molecule has 0 aliphatic rings. The van der Waals surface area contributed by atoms with E-state index in [4.69, 9.17) is 4.98 Å². The quantitative estimate of drug-likeness (QED) is 0.298. The van der Waals surface area contributed by atoms with Gasteiger partial charge in [-0.05, 0) is 0 Å². The molecule has 26 heavy (non-hydrogen) atoms. The van der Waals surface area contributed by atoms with Crippen LogP contribution in [0.5, 0.6) is 0 Å². The summed E-state index contributed by atoms with van der Waals surface area (Å²) in [5, 5.41) is 0. The van der Waals surface area contributed by atoms with Crippen LogP contribution in [0.15, 0.2) is 42.9 Å². The third-order valence-electron chi connectivity index (χ3n) is 5.63. The minimum atomic E-state index is -2.13. The summed E-state index contributed by atoms with van der Waals surface area (Å²) >= 11 is -2.13. The summed E-state index contributed by atoms with van der Waals surface area (Å²) in [7, 11) is 0. The van der Waals surface area contributed by atoms with Crippen molar-refractivity contribution in [2.75, 3.05) is 0 Å². The van der Waals surface area contributed by atoms with Gasteiger partial charge in [-0.25, -0.2) is 0 Å². The molecule has 0 fully saturated rings. The normalized spacial score (nSPS) is 11.8. The Balaban J connectivity index is 2.09. The number of aromatic nitrogens is 2. The van der Waals surface area contributed by atoms with Gasteiger partial charge in [-0.15, -0.1) is 0 Å². The van der Waals surface area contributed by atoms with E-state index >= 15 is 0 Å². The molecule has 0 spiro atoms. The molecular formula is C23H38N2Sn. The third kappa shape index (κ3) is 7.09. The van der Waals surface area contributed by atoms with Crippen LogP contribution < -0.4 is 0 Å². The number of hydrogen-bond donors (Lipinski definition) is 0. The van der Waals surface area contributed by atoms with Gasteiger partial charge in [-0.3, -0.25) is 0 Å². The Hall–Kier alpha value is -0.771. The van der Waals surface area contributed by atoms with Crippen molar-refractivity contribution >= 4 is 18.4 Å². The molecule has 0 saturated heterocycles. The monoisotopic (exact) mass is 462 g/mol. The zero-order valence-electron chi connectivity index (χ0n) is 17.2. The molecule has 2 aromatic rings. The molecule has 1 aromatic carbocycles. The number of benzene rings is 1. The van der Waals surface area contributed by atoms with Gasteiger partial charge in [0.2, 0.25) is 0 Å². The van der Waals surface area contributed by atoms with Crippen LogP contribution in [-0.2, 0) is 11.0 Å². The zero-order chi connectivity index (χ0) is 18.7. The van der Waals surface area contributed by atoms with Crippen molar-refractivity contribution in [3.05, 3.63) is 54.1 Å². The second-order valence-corrected chi connectivity index (χ2v) is 21.9. The summed E-state index contributed by atoms with van der Waals surface area (Å²) in [6.07, 6.45) is 12.7. The molecule has 0 aliphatic carbocycles. The number of unbranched alkanes of at least 4 members (excludes halogenated alkanes) is 3. The fraction of sp³-hybridized carbons (Fsp3) is 0.609. The van der Waals surface area contributed by atoms with Crippen LogP contribution in [-0.4, -0.2) is 27.9 Å². The number of imidazole rings is 1. The van der Waals surface area contributed by atoms with E-state index in [1.165, 1.54) is 54.2 Å². The minimum absolute atomic E-state index is 0.940. The Morgan fingerprint density at radius 1 is 0.846 bits per heavy atom. The first-order valence-electron chi connectivity index (χ1n) is 10.8. The Morgan fingerprint density at radius 3 is 1.96 bits per heavy atom. The van der Waals surface area contributed by atoms with Crippen LogP contribution in [0.1, 0.15) is 70.6 Å². The number of hydrogen-bond acceptors (Lipinski definition) is 1. The van der Waals surface area contributed by atoms with E-state index in [-0.39, 0.29) is 0 Å². The molecule has 3 heteroatoms. The predicted molar refractivity (Wildman–Crippen MR) is 116 cm³/mol. The second-order valence-electron chi connectivity index (χ2n) is 8.01. The van der Waals surface area contributed by atoms with E-state index in [0.29, 0.717) is 0 Å². The second kappa shape index (κ2) is 11.8. The zero-order valence-corrected chi connectivity index (χ0v) is 20.1. The number of rotatable bonds is 13. The van der Waals surface area contributed by atoms with Crippen molar-refractivity contribution < 1.29 is 0 Å². The molecule has 2 nitrogen and oxygen atoms in total. The van der Waals surface area contributed by atoms with E-state index < -0.39 is 18.4 Å². The van der Waals surface area contributed by atoms with Crippen LogP contribution in [0.2, 0.25) is 13.3 Å². The Kier molecular flexibility index (Phi) is 9.80. The van der Waals surface area contributed by atoms with Crippen molar-refractivity contribution in [1.82, 2.24) is 9.55 Å². The van der Waals surface area contributed by atoms with Gasteiger partial charge < -0.3 is 0 Å². The molecule has 0 bridgehead atoms. The molecule has 1 heterocycles.